The first-order valence-corrected chi connectivity index (χ1v) is 13.0. The van der Waals surface area contributed by atoms with Gasteiger partial charge >= 0.3 is 11.9 Å². The number of nitrogens with zero attached hydrogens (tertiary/aromatic N) is 3. The molecule has 5 aromatic rings. The fourth-order valence-electron chi connectivity index (χ4n) is 4.58. The molecular weight excluding hydrogens is 506 g/mol. The standard InChI is InChI=1S/C32H27N3O5/c1-2-3-15-27-29(28-26(31(37)38)16-10-21-33-28)34(35(30(27)36)23-13-8-5-9-14-23)24-17-19-25(20-18-24)40-32(39)22-11-6-4-7-12-22/h4-14,16-21H,2-3,15H2,1H3,(H,37,38). The van der Waals surface area contributed by atoms with Crippen LogP contribution in [0, 0.1) is 0 Å². The minimum absolute atomic E-state index is 0.00683. The predicted molar refractivity (Wildman–Crippen MR) is 152 cm³/mol. The molecule has 2 aromatic heterocycles. The fourth-order valence-corrected chi connectivity index (χ4v) is 4.58. The summed E-state index contributed by atoms with van der Waals surface area (Å²) in [6.07, 6.45) is 3.56. The highest BCUT2D eigenvalue weighted by atomic mass is 16.5. The molecule has 0 aliphatic rings. The van der Waals surface area contributed by atoms with E-state index in [1.54, 1.807) is 59.3 Å². The number of hydrogen-bond acceptors (Lipinski definition) is 5. The van der Waals surface area contributed by atoms with Crippen molar-refractivity contribution in [3.63, 3.8) is 0 Å². The molecule has 0 unspecified atom stereocenters. The zero-order valence-corrected chi connectivity index (χ0v) is 21.9. The third-order valence-corrected chi connectivity index (χ3v) is 6.49. The van der Waals surface area contributed by atoms with Gasteiger partial charge in [-0.05, 0) is 73.5 Å². The molecule has 0 saturated heterocycles. The van der Waals surface area contributed by atoms with Gasteiger partial charge in [-0.25, -0.2) is 19.0 Å². The van der Waals surface area contributed by atoms with Crippen molar-refractivity contribution in [2.75, 3.05) is 0 Å². The largest absolute Gasteiger partial charge is 0.478 e. The van der Waals surface area contributed by atoms with E-state index in [0.29, 0.717) is 40.4 Å². The van der Waals surface area contributed by atoms with Gasteiger partial charge in [0.15, 0.2) is 0 Å². The minimum atomic E-state index is -1.14. The molecule has 40 heavy (non-hydrogen) atoms. The van der Waals surface area contributed by atoms with Crippen molar-refractivity contribution in [3.05, 3.63) is 130 Å². The van der Waals surface area contributed by atoms with E-state index >= 15 is 0 Å². The Morgan fingerprint density at radius 3 is 2.12 bits per heavy atom. The number of para-hydroxylation sites is 1. The van der Waals surface area contributed by atoms with E-state index in [-0.39, 0.29) is 16.8 Å². The average molecular weight is 534 g/mol. The van der Waals surface area contributed by atoms with E-state index < -0.39 is 11.9 Å². The maximum absolute atomic E-state index is 14.0. The summed E-state index contributed by atoms with van der Waals surface area (Å²) in [7, 11) is 0. The van der Waals surface area contributed by atoms with Gasteiger partial charge in [-0.2, -0.15) is 0 Å². The number of carbonyl (C=O) groups is 2. The molecule has 200 valence electrons. The molecule has 0 radical (unpaired) electrons. The van der Waals surface area contributed by atoms with E-state index in [2.05, 4.69) is 4.98 Å². The van der Waals surface area contributed by atoms with Gasteiger partial charge in [-0.1, -0.05) is 49.7 Å². The van der Waals surface area contributed by atoms with Gasteiger partial charge < -0.3 is 9.84 Å². The number of aromatic nitrogens is 3. The molecule has 2 heterocycles. The van der Waals surface area contributed by atoms with Crippen LogP contribution in [0.25, 0.3) is 22.8 Å². The number of carbonyl (C=O) groups excluding carboxylic acids is 1. The first-order valence-electron chi connectivity index (χ1n) is 13.0. The number of ether oxygens (including phenoxy) is 1. The van der Waals surface area contributed by atoms with Crippen LogP contribution in [0.1, 0.15) is 46.0 Å². The maximum atomic E-state index is 14.0. The number of benzene rings is 3. The topological polar surface area (TPSA) is 103 Å². The average Bonchev–Trinajstić information content (AvgIpc) is 3.28. The predicted octanol–water partition coefficient (Wildman–Crippen LogP) is 5.95. The lowest BCUT2D eigenvalue weighted by Gasteiger charge is -2.17. The number of hydrogen-bond donors (Lipinski definition) is 1. The Hall–Kier alpha value is -5.24. The number of aromatic carboxylic acids is 1. The highest BCUT2D eigenvalue weighted by molar-refractivity contribution is 5.95. The smallest absolute Gasteiger partial charge is 0.343 e. The molecule has 8 nitrogen and oxygen atoms in total. The van der Waals surface area contributed by atoms with Gasteiger partial charge in [-0.15, -0.1) is 0 Å². The van der Waals surface area contributed by atoms with Crippen molar-refractivity contribution in [1.29, 1.82) is 0 Å². The Morgan fingerprint density at radius 2 is 1.48 bits per heavy atom. The molecule has 0 aliphatic carbocycles. The summed E-state index contributed by atoms with van der Waals surface area (Å²) in [6, 6.07) is 27.6. The second-order valence-corrected chi connectivity index (χ2v) is 9.15. The van der Waals surface area contributed by atoms with E-state index in [1.165, 1.54) is 16.9 Å². The van der Waals surface area contributed by atoms with Crippen molar-refractivity contribution in [2.45, 2.75) is 26.2 Å². The summed E-state index contributed by atoms with van der Waals surface area (Å²) in [5.41, 5.74) is 2.44. The van der Waals surface area contributed by atoms with Crippen LogP contribution in [0.3, 0.4) is 0 Å². The van der Waals surface area contributed by atoms with Crippen LogP contribution in [0.2, 0.25) is 0 Å². The second kappa shape index (κ2) is 11.7. The molecule has 1 N–H and O–H groups in total. The third-order valence-electron chi connectivity index (χ3n) is 6.49. The number of unbranched alkanes of at least 4 members (excludes halogenated alkanes) is 1. The lowest BCUT2D eigenvalue weighted by molar-refractivity contribution is 0.0694. The molecule has 3 aromatic carbocycles. The van der Waals surface area contributed by atoms with Gasteiger partial charge in [0.25, 0.3) is 5.56 Å². The quantitative estimate of drug-likeness (QED) is 0.186. The van der Waals surface area contributed by atoms with Gasteiger partial charge in [0.2, 0.25) is 0 Å². The zero-order valence-electron chi connectivity index (χ0n) is 21.9. The Kier molecular flexibility index (Phi) is 7.68. The van der Waals surface area contributed by atoms with Crippen LogP contribution < -0.4 is 10.3 Å². The van der Waals surface area contributed by atoms with Crippen LogP contribution in [-0.2, 0) is 6.42 Å². The van der Waals surface area contributed by atoms with Gasteiger partial charge in [0.1, 0.15) is 11.4 Å². The van der Waals surface area contributed by atoms with Crippen molar-refractivity contribution in [2.24, 2.45) is 0 Å². The Labute approximate surface area is 230 Å². The zero-order chi connectivity index (χ0) is 28.1. The fraction of sp³-hybridized carbons (Fsp3) is 0.125. The molecule has 8 heteroatoms. The number of pyridine rings is 1. The van der Waals surface area contributed by atoms with Gasteiger partial charge in [-0.3, -0.25) is 9.78 Å². The lowest BCUT2D eigenvalue weighted by atomic mass is 10.0. The van der Waals surface area contributed by atoms with Crippen LogP contribution in [0.15, 0.2) is 108 Å². The molecule has 0 spiro atoms. The molecule has 0 fully saturated rings. The summed E-state index contributed by atoms with van der Waals surface area (Å²) in [6.45, 7) is 2.03. The highest BCUT2D eigenvalue weighted by Gasteiger charge is 2.27. The summed E-state index contributed by atoms with van der Waals surface area (Å²) in [5, 5.41) is 9.98. The Bertz CT molecular complexity index is 1710. The first-order chi connectivity index (χ1) is 19.5. The molecule has 0 aliphatic heterocycles. The summed E-state index contributed by atoms with van der Waals surface area (Å²) in [5.74, 6) is -1.30. The SMILES string of the molecule is CCCCc1c(-c2ncccc2C(=O)O)n(-c2ccc(OC(=O)c3ccccc3)cc2)n(-c2ccccc2)c1=O. The van der Waals surface area contributed by atoms with Crippen LogP contribution in [0.5, 0.6) is 5.75 Å². The maximum Gasteiger partial charge on any atom is 0.343 e. The van der Waals surface area contributed by atoms with Crippen LogP contribution in [0.4, 0.5) is 0 Å². The third kappa shape index (κ3) is 5.19. The second-order valence-electron chi connectivity index (χ2n) is 9.15. The van der Waals surface area contributed by atoms with E-state index in [9.17, 15) is 19.5 Å². The van der Waals surface area contributed by atoms with Crippen LogP contribution >= 0.6 is 0 Å². The monoisotopic (exact) mass is 533 g/mol. The summed E-state index contributed by atoms with van der Waals surface area (Å²) in [4.78, 5) is 43.2. The molecule has 0 bridgehead atoms. The molecule has 0 amide bonds. The van der Waals surface area contributed by atoms with Crippen LogP contribution in [-0.4, -0.2) is 31.4 Å². The Morgan fingerprint density at radius 1 is 0.825 bits per heavy atom. The van der Waals surface area contributed by atoms with E-state index in [1.807, 2.05) is 43.3 Å². The molecule has 5 rings (SSSR count). The van der Waals surface area contributed by atoms with Gasteiger partial charge in [0.05, 0.1) is 28.2 Å². The number of carboxylic acids is 1. The summed E-state index contributed by atoms with van der Waals surface area (Å²) >= 11 is 0. The highest BCUT2D eigenvalue weighted by Crippen LogP contribution is 2.30. The normalized spacial score (nSPS) is 10.8. The first kappa shape index (κ1) is 26.4. The number of carboxylic acid groups (broad SMARTS) is 1. The number of rotatable bonds is 9. The minimum Gasteiger partial charge on any atom is -0.478 e. The van der Waals surface area contributed by atoms with Crippen molar-refractivity contribution in [1.82, 2.24) is 14.3 Å². The van der Waals surface area contributed by atoms with Crippen molar-refractivity contribution >= 4 is 11.9 Å². The Balaban J connectivity index is 1.71. The number of esters is 1. The van der Waals surface area contributed by atoms with E-state index in [4.69, 9.17) is 4.74 Å². The van der Waals surface area contributed by atoms with Crippen molar-refractivity contribution in [3.8, 4) is 28.5 Å². The van der Waals surface area contributed by atoms with Gasteiger partial charge in [0, 0.05) is 11.8 Å². The van der Waals surface area contributed by atoms with E-state index in [0.717, 1.165) is 12.8 Å². The summed E-state index contributed by atoms with van der Waals surface area (Å²) < 4.78 is 8.77. The van der Waals surface area contributed by atoms with Crippen molar-refractivity contribution < 1.29 is 19.4 Å². The molecule has 0 saturated carbocycles. The molecule has 0 atom stereocenters. The lowest BCUT2D eigenvalue weighted by Crippen LogP contribution is -2.21. The molecular formula is C32H27N3O5.